The van der Waals surface area contributed by atoms with Crippen LogP contribution in [0.1, 0.15) is 40.0 Å². The number of aliphatic hydroxyl groups excluding tert-OH is 1. The molecular weight excluding hydrogens is 216 g/mol. The highest BCUT2D eigenvalue weighted by Crippen LogP contribution is 2.52. The van der Waals surface area contributed by atoms with Gasteiger partial charge in [0, 0.05) is 5.57 Å². The molecule has 2 rings (SSSR count). The molecule has 0 bridgehead atoms. The van der Waals surface area contributed by atoms with Gasteiger partial charge in [-0.25, -0.2) is 0 Å². The number of hydrogen-bond donors (Lipinski definition) is 1. The second kappa shape index (κ2) is 3.83. The second-order valence-corrected chi connectivity index (χ2v) is 5.23. The van der Waals surface area contributed by atoms with Crippen molar-refractivity contribution in [3.8, 4) is 0 Å². The molecule has 1 N–H and O–H groups in total. The summed E-state index contributed by atoms with van der Waals surface area (Å²) in [6.07, 6.45) is 4.34. The predicted molar refractivity (Wildman–Crippen MR) is 64.5 cm³/mol. The van der Waals surface area contributed by atoms with Crippen molar-refractivity contribution in [2.75, 3.05) is 0 Å². The molecule has 0 heterocycles. The molecule has 0 amide bonds. The zero-order valence-electron chi connectivity index (χ0n) is 10.5. The number of aliphatic hydroxyl groups is 1. The average molecular weight is 234 g/mol. The van der Waals surface area contributed by atoms with Crippen molar-refractivity contribution >= 4 is 11.6 Å². The smallest absolute Gasteiger partial charge is 0.208 e. The molecule has 92 valence electrons. The van der Waals surface area contributed by atoms with Crippen molar-refractivity contribution in [1.82, 2.24) is 0 Å². The lowest BCUT2D eigenvalue weighted by atomic mass is 9.63. The number of rotatable bonds is 1. The molecule has 0 aromatic heterocycles. The molecule has 3 heteroatoms. The van der Waals surface area contributed by atoms with Crippen molar-refractivity contribution < 1.29 is 14.7 Å². The van der Waals surface area contributed by atoms with Gasteiger partial charge in [0.15, 0.2) is 11.5 Å². The van der Waals surface area contributed by atoms with Crippen LogP contribution in [0.25, 0.3) is 0 Å². The maximum Gasteiger partial charge on any atom is 0.208 e. The Morgan fingerprint density at radius 3 is 2.65 bits per heavy atom. The zero-order chi connectivity index (χ0) is 12.8. The van der Waals surface area contributed by atoms with Crippen LogP contribution in [0.5, 0.6) is 0 Å². The van der Waals surface area contributed by atoms with Gasteiger partial charge in [-0.2, -0.15) is 0 Å². The molecule has 17 heavy (non-hydrogen) atoms. The van der Waals surface area contributed by atoms with Gasteiger partial charge in [-0.3, -0.25) is 9.59 Å². The number of Topliss-reactive ketones (excluding diaryl/α,β-unsaturated/α-hetero) is 2. The third kappa shape index (κ3) is 1.48. The van der Waals surface area contributed by atoms with Gasteiger partial charge in [0.25, 0.3) is 0 Å². The molecule has 0 radical (unpaired) electrons. The van der Waals surface area contributed by atoms with Crippen LogP contribution in [0.2, 0.25) is 0 Å². The van der Waals surface area contributed by atoms with Gasteiger partial charge in [-0.1, -0.05) is 18.6 Å². The van der Waals surface area contributed by atoms with Crippen LogP contribution in [0.3, 0.4) is 0 Å². The van der Waals surface area contributed by atoms with Crippen LogP contribution < -0.4 is 0 Å². The van der Waals surface area contributed by atoms with E-state index in [1.165, 1.54) is 6.92 Å². The van der Waals surface area contributed by atoms with Crippen molar-refractivity contribution in [2.45, 2.75) is 40.0 Å². The van der Waals surface area contributed by atoms with Crippen LogP contribution in [0, 0.1) is 11.3 Å². The summed E-state index contributed by atoms with van der Waals surface area (Å²) in [5.74, 6) is -0.583. The van der Waals surface area contributed by atoms with E-state index in [1.807, 2.05) is 13.8 Å². The van der Waals surface area contributed by atoms with Gasteiger partial charge >= 0.3 is 0 Å². The highest BCUT2D eigenvalue weighted by atomic mass is 16.3. The van der Waals surface area contributed by atoms with E-state index in [0.29, 0.717) is 12.0 Å². The SMILES string of the molecule is CC(=O)C1=C(O)C(=O)[C@@]2(C1)C(C)=CCC[C@@H]2C. The lowest BCUT2D eigenvalue weighted by Gasteiger charge is -2.38. The summed E-state index contributed by atoms with van der Waals surface area (Å²) in [5.41, 5.74) is 0.657. The summed E-state index contributed by atoms with van der Waals surface area (Å²) < 4.78 is 0. The molecule has 0 saturated heterocycles. The first-order valence-corrected chi connectivity index (χ1v) is 6.06. The minimum absolute atomic E-state index is 0.180. The van der Waals surface area contributed by atoms with E-state index in [4.69, 9.17) is 0 Å². The molecule has 0 aliphatic heterocycles. The normalized spacial score (nSPS) is 33.2. The molecular formula is C14H18O3. The van der Waals surface area contributed by atoms with E-state index in [0.717, 1.165) is 18.4 Å². The van der Waals surface area contributed by atoms with Gasteiger partial charge < -0.3 is 5.11 Å². The van der Waals surface area contributed by atoms with Crippen molar-refractivity contribution in [3.05, 3.63) is 23.0 Å². The molecule has 2 atom stereocenters. The van der Waals surface area contributed by atoms with Crippen molar-refractivity contribution in [1.29, 1.82) is 0 Å². The van der Waals surface area contributed by atoms with Crippen LogP contribution >= 0.6 is 0 Å². The van der Waals surface area contributed by atoms with Gasteiger partial charge in [-0.05, 0) is 39.0 Å². The highest BCUT2D eigenvalue weighted by Gasteiger charge is 2.53. The first-order chi connectivity index (χ1) is 7.91. The summed E-state index contributed by atoms with van der Waals surface area (Å²) in [6, 6.07) is 0. The Labute approximate surface area is 101 Å². The quantitative estimate of drug-likeness (QED) is 0.710. The Bertz CT molecular complexity index is 456. The standard InChI is InChI=1S/C14H18O3/c1-8-5-4-6-9(2)14(8)7-11(10(3)15)12(16)13(14)17/h5,9,16H,4,6-7H2,1-3H3/t9-,14-/m0/s1. The number of allylic oxidation sites excluding steroid dienone is 4. The third-order valence-corrected chi connectivity index (χ3v) is 4.38. The van der Waals surface area contributed by atoms with Crippen molar-refractivity contribution in [2.24, 2.45) is 11.3 Å². The summed E-state index contributed by atoms with van der Waals surface area (Å²) in [5, 5.41) is 9.86. The van der Waals surface area contributed by atoms with Gasteiger partial charge in [-0.15, -0.1) is 0 Å². The van der Waals surface area contributed by atoms with E-state index < -0.39 is 5.41 Å². The fourth-order valence-corrected chi connectivity index (χ4v) is 3.17. The second-order valence-electron chi connectivity index (χ2n) is 5.23. The number of carbonyl (C=O) groups is 2. The van der Waals surface area contributed by atoms with Crippen molar-refractivity contribution in [3.63, 3.8) is 0 Å². The molecule has 2 aliphatic rings. The summed E-state index contributed by atoms with van der Waals surface area (Å²) in [6.45, 7) is 5.37. The molecule has 0 unspecified atom stereocenters. The number of carbonyl (C=O) groups excluding carboxylic acids is 2. The van der Waals surface area contributed by atoms with Crippen LogP contribution in [0.15, 0.2) is 23.0 Å². The molecule has 3 nitrogen and oxygen atoms in total. The van der Waals surface area contributed by atoms with Crippen LogP contribution in [-0.2, 0) is 9.59 Å². The van der Waals surface area contributed by atoms with Gasteiger partial charge in [0.2, 0.25) is 5.78 Å². The van der Waals surface area contributed by atoms with E-state index in [1.54, 1.807) is 0 Å². The predicted octanol–water partition coefficient (Wildman–Crippen LogP) is 2.72. The molecule has 0 saturated carbocycles. The van der Waals surface area contributed by atoms with E-state index in [-0.39, 0.29) is 23.2 Å². The summed E-state index contributed by atoms with van der Waals surface area (Å²) in [4.78, 5) is 23.8. The summed E-state index contributed by atoms with van der Waals surface area (Å²) in [7, 11) is 0. The molecule has 1 spiro atoms. The first-order valence-electron chi connectivity index (χ1n) is 6.06. The first kappa shape index (κ1) is 12.1. The highest BCUT2D eigenvalue weighted by molar-refractivity contribution is 6.11. The van der Waals surface area contributed by atoms with Gasteiger partial charge in [0.05, 0.1) is 5.41 Å². The Morgan fingerprint density at radius 2 is 2.18 bits per heavy atom. The van der Waals surface area contributed by atoms with E-state index in [2.05, 4.69) is 6.08 Å². The van der Waals surface area contributed by atoms with Crippen LogP contribution in [-0.4, -0.2) is 16.7 Å². The Balaban J connectivity index is 2.50. The van der Waals surface area contributed by atoms with E-state index >= 15 is 0 Å². The summed E-state index contributed by atoms with van der Waals surface area (Å²) >= 11 is 0. The molecule has 0 aromatic carbocycles. The van der Waals surface area contributed by atoms with Gasteiger partial charge in [0.1, 0.15) is 0 Å². The fraction of sp³-hybridized carbons (Fsp3) is 0.571. The minimum Gasteiger partial charge on any atom is -0.504 e. The topological polar surface area (TPSA) is 54.4 Å². The lowest BCUT2D eigenvalue weighted by Crippen LogP contribution is -2.38. The monoisotopic (exact) mass is 234 g/mol. The zero-order valence-corrected chi connectivity index (χ0v) is 10.5. The fourth-order valence-electron chi connectivity index (χ4n) is 3.17. The molecule has 0 fully saturated rings. The Morgan fingerprint density at radius 1 is 1.53 bits per heavy atom. The maximum atomic E-state index is 12.3. The Hall–Kier alpha value is -1.38. The molecule has 0 aromatic rings. The average Bonchev–Trinajstić information content (AvgIpc) is 2.52. The molecule has 2 aliphatic carbocycles. The third-order valence-electron chi connectivity index (χ3n) is 4.38. The number of ketones is 2. The maximum absolute atomic E-state index is 12.3. The van der Waals surface area contributed by atoms with Crippen LogP contribution in [0.4, 0.5) is 0 Å². The van der Waals surface area contributed by atoms with E-state index in [9.17, 15) is 14.7 Å². The lowest BCUT2D eigenvalue weighted by molar-refractivity contribution is -0.126. The minimum atomic E-state index is -0.649. The number of hydrogen-bond acceptors (Lipinski definition) is 3. The Kier molecular flexibility index (Phi) is 2.72. The largest absolute Gasteiger partial charge is 0.504 e.